The van der Waals surface area contributed by atoms with Crippen LogP contribution in [-0.4, -0.2) is 16.5 Å². The molecule has 0 amide bonds. The van der Waals surface area contributed by atoms with Crippen LogP contribution in [0.2, 0.25) is 0 Å². The molecule has 21 heavy (non-hydrogen) atoms. The van der Waals surface area contributed by atoms with Gasteiger partial charge >= 0.3 is 0 Å². The van der Waals surface area contributed by atoms with Crippen molar-refractivity contribution in [3.05, 3.63) is 72.2 Å². The van der Waals surface area contributed by atoms with Crippen LogP contribution in [0.1, 0.15) is 10.4 Å². The molecule has 104 valence electrons. The van der Waals surface area contributed by atoms with Gasteiger partial charge in [-0.1, -0.05) is 6.07 Å². The lowest BCUT2D eigenvalue weighted by Gasteiger charge is -2.03. The third-order valence-electron chi connectivity index (χ3n) is 3.11. The Morgan fingerprint density at radius 1 is 1.10 bits per heavy atom. The molecule has 0 fully saturated rings. The first-order valence-electron chi connectivity index (χ1n) is 6.49. The van der Waals surface area contributed by atoms with Gasteiger partial charge in [0.15, 0.2) is 5.78 Å². The number of carbonyl (C=O) groups excluding carboxylic acids is 1. The Balaban J connectivity index is 1.73. The highest BCUT2D eigenvalue weighted by molar-refractivity contribution is 8.00. The van der Waals surface area contributed by atoms with Gasteiger partial charge in [0.05, 0.1) is 11.3 Å². The first-order valence-corrected chi connectivity index (χ1v) is 7.47. The highest BCUT2D eigenvalue weighted by Crippen LogP contribution is 2.21. The molecule has 2 aromatic carbocycles. The quantitative estimate of drug-likeness (QED) is 0.530. The molecule has 0 aliphatic carbocycles. The van der Waals surface area contributed by atoms with Crippen LogP contribution >= 0.6 is 11.8 Å². The summed E-state index contributed by atoms with van der Waals surface area (Å²) in [5, 5.41) is 0.954. The monoisotopic (exact) mass is 297 g/mol. The summed E-state index contributed by atoms with van der Waals surface area (Å²) < 4.78 is 12.8. The SMILES string of the molecule is O=C(CSc1ccc(F)cc1)c1ccc2ncccc2c1. The van der Waals surface area contributed by atoms with E-state index in [2.05, 4.69) is 4.98 Å². The van der Waals surface area contributed by atoms with Gasteiger partial charge in [0.25, 0.3) is 0 Å². The van der Waals surface area contributed by atoms with Gasteiger partial charge in [-0.3, -0.25) is 9.78 Å². The summed E-state index contributed by atoms with van der Waals surface area (Å²) in [5.41, 5.74) is 1.55. The standard InChI is InChI=1S/C17H12FNOS/c18-14-4-6-15(7-5-14)21-11-17(20)13-3-8-16-12(10-13)2-1-9-19-16/h1-10H,11H2. The van der Waals surface area contributed by atoms with Crippen LogP contribution in [-0.2, 0) is 0 Å². The molecule has 0 saturated carbocycles. The van der Waals surface area contributed by atoms with E-state index < -0.39 is 0 Å². The molecule has 0 spiro atoms. The van der Waals surface area contributed by atoms with Gasteiger partial charge in [0.1, 0.15) is 5.82 Å². The molecule has 0 N–H and O–H groups in total. The summed E-state index contributed by atoms with van der Waals surface area (Å²) in [6.07, 6.45) is 1.73. The second kappa shape index (κ2) is 6.06. The number of carbonyl (C=O) groups is 1. The van der Waals surface area contributed by atoms with Crippen LogP contribution in [0, 0.1) is 5.82 Å². The third kappa shape index (κ3) is 3.28. The number of hydrogen-bond acceptors (Lipinski definition) is 3. The number of rotatable bonds is 4. The van der Waals surface area contributed by atoms with Gasteiger partial charge in [0.2, 0.25) is 0 Å². The van der Waals surface area contributed by atoms with Crippen LogP contribution in [0.25, 0.3) is 10.9 Å². The predicted octanol–water partition coefficient (Wildman–Crippen LogP) is 4.35. The number of fused-ring (bicyclic) bond motifs is 1. The van der Waals surface area contributed by atoms with E-state index >= 15 is 0 Å². The van der Waals surface area contributed by atoms with E-state index in [0.717, 1.165) is 15.8 Å². The first kappa shape index (κ1) is 13.8. The predicted molar refractivity (Wildman–Crippen MR) is 83.2 cm³/mol. The maximum absolute atomic E-state index is 12.8. The minimum atomic E-state index is -0.271. The number of hydrogen-bond donors (Lipinski definition) is 0. The Labute approximate surface area is 126 Å². The maximum Gasteiger partial charge on any atom is 0.173 e. The van der Waals surface area contributed by atoms with Gasteiger partial charge in [0, 0.05) is 22.0 Å². The lowest BCUT2D eigenvalue weighted by Crippen LogP contribution is -2.02. The van der Waals surface area contributed by atoms with Gasteiger partial charge in [-0.05, 0) is 48.5 Å². The summed E-state index contributed by atoms with van der Waals surface area (Å²) >= 11 is 1.41. The smallest absolute Gasteiger partial charge is 0.173 e. The third-order valence-corrected chi connectivity index (χ3v) is 4.12. The normalized spacial score (nSPS) is 10.7. The van der Waals surface area contributed by atoms with Crippen LogP contribution < -0.4 is 0 Å². The Morgan fingerprint density at radius 2 is 1.90 bits per heavy atom. The largest absolute Gasteiger partial charge is 0.293 e. The number of ketones is 1. The summed E-state index contributed by atoms with van der Waals surface area (Å²) in [4.78, 5) is 17.3. The summed E-state index contributed by atoms with van der Waals surface area (Å²) in [7, 11) is 0. The van der Waals surface area contributed by atoms with Crippen molar-refractivity contribution in [1.29, 1.82) is 0 Å². The van der Waals surface area contributed by atoms with Crippen LogP contribution in [0.15, 0.2) is 65.7 Å². The highest BCUT2D eigenvalue weighted by atomic mass is 32.2. The fraction of sp³-hybridized carbons (Fsp3) is 0.0588. The second-order valence-electron chi connectivity index (χ2n) is 4.58. The Morgan fingerprint density at radius 3 is 2.71 bits per heavy atom. The van der Waals surface area contributed by atoms with Crippen LogP contribution in [0.4, 0.5) is 4.39 Å². The van der Waals surface area contributed by atoms with Gasteiger partial charge in [-0.2, -0.15) is 0 Å². The van der Waals surface area contributed by atoms with Gasteiger partial charge < -0.3 is 0 Å². The Hall–Kier alpha value is -2.20. The minimum absolute atomic E-state index is 0.0510. The lowest BCUT2D eigenvalue weighted by atomic mass is 10.1. The van der Waals surface area contributed by atoms with Gasteiger partial charge in [-0.25, -0.2) is 4.39 Å². The zero-order valence-electron chi connectivity index (χ0n) is 11.1. The zero-order valence-corrected chi connectivity index (χ0v) is 11.9. The van der Waals surface area contributed by atoms with Crippen LogP contribution in [0.5, 0.6) is 0 Å². The molecule has 0 saturated heterocycles. The number of pyridine rings is 1. The second-order valence-corrected chi connectivity index (χ2v) is 5.63. The number of halogens is 1. The van der Waals surface area contributed by atoms with E-state index in [0.29, 0.717) is 11.3 Å². The summed E-state index contributed by atoms with van der Waals surface area (Å²) in [6.45, 7) is 0. The molecular weight excluding hydrogens is 285 g/mol. The van der Waals surface area contributed by atoms with Gasteiger partial charge in [-0.15, -0.1) is 11.8 Å². The van der Waals surface area contributed by atoms with E-state index in [1.165, 1.54) is 23.9 Å². The number of Topliss-reactive ketones (excluding diaryl/α,β-unsaturated/α-hetero) is 1. The first-order chi connectivity index (χ1) is 10.2. The molecule has 0 aliphatic rings. The molecule has 0 radical (unpaired) electrons. The lowest BCUT2D eigenvalue weighted by molar-refractivity contribution is 0.102. The topological polar surface area (TPSA) is 30.0 Å². The molecule has 0 aliphatic heterocycles. The van der Waals surface area contributed by atoms with E-state index in [1.54, 1.807) is 24.4 Å². The van der Waals surface area contributed by atoms with Crippen molar-refractivity contribution in [3.8, 4) is 0 Å². The van der Waals surface area contributed by atoms with E-state index in [-0.39, 0.29) is 11.6 Å². The van der Waals surface area contributed by atoms with E-state index in [9.17, 15) is 9.18 Å². The highest BCUT2D eigenvalue weighted by Gasteiger charge is 2.08. The van der Waals surface area contributed by atoms with Crippen LogP contribution in [0.3, 0.4) is 0 Å². The van der Waals surface area contributed by atoms with Crippen molar-refractivity contribution in [2.45, 2.75) is 4.90 Å². The number of aromatic nitrogens is 1. The maximum atomic E-state index is 12.8. The molecule has 0 unspecified atom stereocenters. The molecule has 1 heterocycles. The van der Waals surface area contributed by atoms with Crippen molar-refractivity contribution < 1.29 is 9.18 Å². The molecule has 1 aromatic heterocycles. The minimum Gasteiger partial charge on any atom is -0.293 e. The Bertz CT molecular complexity index is 786. The molecule has 3 rings (SSSR count). The van der Waals surface area contributed by atoms with E-state index in [1.807, 2.05) is 24.3 Å². The fourth-order valence-corrected chi connectivity index (χ4v) is 2.81. The Kier molecular flexibility index (Phi) is 3.97. The average molecular weight is 297 g/mol. The molecular formula is C17H12FNOS. The molecule has 3 aromatic rings. The molecule has 0 bridgehead atoms. The van der Waals surface area contributed by atoms with Crippen molar-refractivity contribution >= 4 is 28.4 Å². The summed E-state index contributed by atoms with van der Waals surface area (Å²) in [5.74, 6) is 0.111. The fourth-order valence-electron chi connectivity index (χ4n) is 2.01. The average Bonchev–Trinajstić information content (AvgIpc) is 2.53. The molecule has 4 heteroatoms. The zero-order chi connectivity index (χ0) is 14.7. The molecule has 2 nitrogen and oxygen atoms in total. The molecule has 0 atom stereocenters. The summed E-state index contributed by atoms with van der Waals surface area (Å²) in [6, 6.07) is 15.4. The van der Waals surface area contributed by atoms with E-state index in [4.69, 9.17) is 0 Å². The van der Waals surface area contributed by atoms with Crippen molar-refractivity contribution in [3.63, 3.8) is 0 Å². The number of thioether (sulfide) groups is 1. The number of benzene rings is 2. The number of nitrogens with zero attached hydrogens (tertiary/aromatic N) is 1. The van der Waals surface area contributed by atoms with Crippen molar-refractivity contribution in [1.82, 2.24) is 4.98 Å². The van der Waals surface area contributed by atoms with Crippen molar-refractivity contribution in [2.24, 2.45) is 0 Å². The van der Waals surface area contributed by atoms with Crippen molar-refractivity contribution in [2.75, 3.05) is 5.75 Å².